The van der Waals surface area contributed by atoms with Crippen LogP contribution in [-0.2, 0) is 11.3 Å². The van der Waals surface area contributed by atoms with E-state index in [0.29, 0.717) is 11.4 Å². The zero-order chi connectivity index (χ0) is 13.9. The Hall–Kier alpha value is -2.16. The molecule has 2 aromatic rings. The summed E-state index contributed by atoms with van der Waals surface area (Å²) in [7, 11) is 0. The molecule has 0 aliphatic carbocycles. The maximum Gasteiger partial charge on any atom is 0.411 e. The van der Waals surface area contributed by atoms with Crippen molar-refractivity contribution in [1.82, 2.24) is 15.1 Å². The Labute approximate surface area is 105 Å². The van der Waals surface area contributed by atoms with Crippen molar-refractivity contribution in [1.29, 1.82) is 0 Å². The van der Waals surface area contributed by atoms with E-state index in [-0.39, 0.29) is 11.7 Å². The molecule has 0 amide bonds. The van der Waals surface area contributed by atoms with Gasteiger partial charge in [0.05, 0.1) is 11.9 Å². The highest BCUT2D eigenvalue weighted by Crippen LogP contribution is 2.17. The van der Waals surface area contributed by atoms with Crippen LogP contribution in [0, 0.1) is 0 Å². The molecule has 2 N–H and O–H groups in total. The number of anilines is 1. The van der Waals surface area contributed by atoms with Crippen LogP contribution in [0.1, 0.15) is 5.82 Å². The first-order valence-electron chi connectivity index (χ1n) is 5.13. The molecule has 0 spiro atoms. The van der Waals surface area contributed by atoms with Crippen LogP contribution < -0.4 is 5.73 Å². The standard InChI is InChI=1S/C10H9F3N4O2/c11-10(12,13)5-18-4-8-16-9(19-17-8)7-2-1-6(14)3-15-7/h1-3H,4-5,14H2. The zero-order valence-corrected chi connectivity index (χ0v) is 9.52. The Morgan fingerprint density at radius 2 is 2.11 bits per heavy atom. The Bertz CT molecular complexity index is 538. The second-order valence-corrected chi connectivity index (χ2v) is 3.60. The smallest absolute Gasteiger partial charge is 0.397 e. The molecular weight excluding hydrogens is 265 g/mol. The van der Waals surface area contributed by atoms with Crippen LogP contribution >= 0.6 is 0 Å². The predicted molar refractivity (Wildman–Crippen MR) is 57.7 cm³/mol. The summed E-state index contributed by atoms with van der Waals surface area (Å²) in [6, 6.07) is 3.15. The van der Waals surface area contributed by atoms with E-state index in [4.69, 9.17) is 10.3 Å². The van der Waals surface area contributed by atoms with Crippen LogP contribution in [0.3, 0.4) is 0 Å². The molecule has 0 bridgehead atoms. The topological polar surface area (TPSA) is 87.1 Å². The van der Waals surface area contributed by atoms with Gasteiger partial charge in [-0.05, 0) is 12.1 Å². The van der Waals surface area contributed by atoms with Gasteiger partial charge in [-0.25, -0.2) is 4.98 Å². The minimum Gasteiger partial charge on any atom is -0.397 e. The van der Waals surface area contributed by atoms with Gasteiger partial charge in [0.25, 0.3) is 5.89 Å². The third-order valence-electron chi connectivity index (χ3n) is 1.97. The van der Waals surface area contributed by atoms with Crippen LogP contribution in [0.4, 0.5) is 18.9 Å². The fourth-order valence-corrected chi connectivity index (χ4v) is 1.21. The predicted octanol–water partition coefficient (Wildman–Crippen LogP) is 1.79. The number of pyridine rings is 1. The second kappa shape index (κ2) is 5.22. The third-order valence-corrected chi connectivity index (χ3v) is 1.97. The van der Waals surface area contributed by atoms with Crippen molar-refractivity contribution in [3.8, 4) is 11.6 Å². The van der Waals surface area contributed by atoms with Gasteiger partial charge in [-0.1, -0.05) is 5.16 Å². The minimum atomic E-state index is -4.38. The number of nitrogen functional groups attached to an aromatic ring is 1. The van der Waals surface area contributed by atoms with E-state index < -0.39 is 19.4 Å². The van der Waals surface area contributed by atoms with Crippen molar-refractivity contribution in [3.63, 3.8) is 0 Å². The lowest BCUT2D eigenvalue weighted by molar-refractivity contribution is -0.177. The lowest BCUT2D eigenvalue weighted by Gasteiger charge is -2.04. The quantitative estimate of drug-likeness (QED) is 0.914. The molecule has 0 saturated carbocycles. The van der Waals surface area contributed by atoms with E-state index >= 15 is 0 Å². The van der Waals surface area contributed by atoms with Gasteiger partial charge < -0.3 is 15.0 Å². The number of rotatable bonds is 4. The molecular formula is C10H9F3N4O2. The van der Waals surface area contributed by atoms with Gasteiger partial charge in [0.2, 0.25) is 0 Å². The van der Waals surface area contributed by atoms with Crippen molar-refractivity contribution < 1.29 is 22.4 Å². The molecule has 0 aliphatic rings. The van der Waals surface area contributed by atoms with Gasteiger partial charge in [0.1, 0.15) is 18.9 Å². The summed E-state index contributed by atoms with van der Waals surface area (Å²) in [4.78, 5) is 7.80. The summed E-state index contributed by atoms with van der Waals surface area (Å²) in [5.74, 6) is 0.100. The third kappa shape index (κ3) is 3.91. The molecule has 0 radical (unpaired) electrons. The molecule has 0 atom stereocenters. The number of aromatic nitrogens is 3. The number of nitrogens with zero attached hydrogens (tertiary/aromatic N) is 3. The normalized spacial score (nSPS) is 11.7. The molecule has 0 aromatic carbocycles. The summed E-state index contributed by atoms with van der Waals surface area (Å²) in [6.45, 7) is -1.75. The maximum atomic E-state index is 11.9. The van der Waals surface area contributed by atoms with Crippen molar-refractivity contribution in [2.75, 3.05) is 12.3 Å². The lowest BCUT2D eigenvalue weighted by Crippen LogP contribution is -2.16. The van der Waals surface area contributed by atoms with Crippen LogP contribution in [0.25, 0.3) is 11.6 Å². The monoisotopic (exact) mass is 274 g/mol. The van der Waals surface area contributed by atoms with E-state index in [9.17, 15) is 13.2 Å². The molecule has 0 fully saturated rings. The van der Waals surface area contributed by atoms with Crippen LogP contribution in [-0.4, -0.2) is 27.9 Å². The molecule has 0 aliphatic heterocycles. The molecule has 0 saturated heterocycles. The molecule has 6 nitrogen and oxygen atoms in total. The van der Waals surface area contributed by atoms with E-state index in [0.717, 1.165) is 0 Å². The van der Waals surface area contributed by atoms with Crippen LogP contribution in [0.2, 0.25) is 0 Å². The molecule has 2 aromatic heterocycles. The first kappa shape index (κ1) is 13.3. The molecule has 2 heterocycles. The highest BCUT2D eigenvalue weighted by Gasteiger charge is 2.27. The van der Waals surface area contributed by atoms with E-state index in [2.05, 4.69) is 19.9 Å². The second-order valence-electron chi connectivity index (χ2n) is 3.60. The fraction of sp³-hybridized carbons (Fsp3) is 0.300. The fourth-order valence-electron chi connectivity index (χ4n) is 1.21. The van der Waals surface area contributed by atoms with Gasteiger partial charge in [-0.2, -0.15) is 18.2 Å². The molecule has 102 valence electrons. The summed E-state index contributed by atoms with van der Waals surface area (Å²) in [6.07, 6.45) is -2.98. The summed E-state index contributed by atoms with van der Waals surface area (Å²) < 4.78 is 44.8. The molecule has 9 heteroatoms. The Balaban J connectivity index is 1.97. The van der Waals surface area contributed by atoms with Gasteiger partial charge in [0, 0.05) is 0 Å². The number of hydrogen-bond donors (Lipinski definition) is 1. The summed E-state index contributed by atoms with van der Waals surface area (Å²) in [5.41, 5.74) is 6.31. The van der Waals surface area contributed by atoms with Gasteiger partial charge in [-0.15, -0.1) is 0 Å². The van der Waals surface area contributed by atoms with Crippen molar-refractivity contribution in [2.45, 2.75) is 12.8 Å². The average molecular weight is 274 g/mol. The number of hydrogen-bond acceptors (Lipinski definition) is 6. The van der Waals surface area contributed by atoms with E-state index in [1.165, 1.54) is 6.20 Å². The summed E-state index contributed by atoms with van der Waals surface area (Å²) in [5, 5.41) is 3.48. The maximum absolute atomic E-state index is 11.9. The lowest BCUT2D eigenvalue weighted by atomic mass is 10.3. The van der Waals surface area contributed by atoms with Crippen molar-refractivity contribution >= 4 is 5.69 Å². The molecule has 19 heavy (non-hydrogen) atoms. The van der Waals surface area contributed by atoms with Gasteiger partial charge >= 0.3 is 6.18 Å². The number of alkyl halides is 3. The van der Waals surface area contributed by atoms with E-state index in [1.54, 1.807) is 12.1 Å². The highest BCUT2D eigenvalue weighted by atomic mass is 19.4. The highest BCUT2D eigenvalue weighted by molar-refractivity contribution is 5.50. The average Bonchev–Trinajstić information content (AvgIpc) is 2.77. The SMILES string of the molecule is Nc1ccc(-c2nc(COCC(F)(F)F)no2)nc1. The molecule has 2 rings (SSSR count). The van der Waals surface area contributed by atoms with Gasteiger partial charge in [0.15, 0.2) is 5.82 Å². The van der Waals surface area contributed by atoms with Crippen molar-refractivity contribution in [2.24, 2.45) is 0 Å². The number of nitrogens with two attached hydrogens (primary N) is 1. The first-order chi connectivity index (χ1) is 8.94. The van der Waals surface area contributed by atoms with E-state index in [1.807, 2.05) is 0 Å². The number of ether oxygens (including phenoxy) is 1. The first-order valence-corrected chi connectivity index (χ1v) is 5.13. The van der Waals surface area contributed by atoms with Crippen molar-refractivity contribution in [3.05, 3.63) is 24.2 Å². The number of halogens is 3. The minimum absolute atomic E-state index is 0.0119. The largest absolute Gasteiger partial charge is 0.411 e. The Kier molecular flexibility index (Phi) is 3.65. The van der Waals surface area contributed by atoms with Gasteiger partial charge in [-0.3, -0.25) is 0 Å². The zero-order valence-electron chi connectivity index (χ0n) is 9.52. The molecule has 0 unspecified atom stereocenters. The summed E-state index contributed by atoms with van der Waals surface area (Å²) >= 11 is 0. The van der Waals surface area contributed by atoms with Crippen LogP contribution in [0.5, 0.6) is 0 Å². The van der Waals surface area contributed by atoms with Crippen LogP contribution in [0.15, 0.2) is 22.9 Å². The Morgan fingerprint density at radius 3 is 2.74 bits per heavy atom. The Morgan fingerprint density at radius 1 is 1.32 bits per heavy atom.